The van der Waals surface area contributed by atoms with Crippen LogP contribution in [-0.2, 0) is 11.2 Å². The van der Waals surface area contributed by atoms with E-state index in [1.165, 1.54) is 18.4 Å². The van der Waals surface area contributed by atoms with Gasteiger partial charge in [0.15, 0.2) is 0 Å². The molecule has 0 saturated carbocycles. The van der Waals surface area contributed by atoms with Gasteiger partial charge in [0.25, 0.3) is 0 Å². The van der Waals surface area contributed by atoms with Gasteiger partial charge in [-0.3, -0.25) is 10.1 Å². The molecule has 4 rings (SSSR count). The third kappa shape index (κ3) is 6.77. The number of urea groups is 1. The van der Waals surface area contributed by atoms with Gasteiger partial charge in [-0.15, -0.1) is 10.2 Å². The van der Waals surface area contributed by atoms with Crippen molar-refractivity contribution in [1.29, 1.82) is 0 Å². The van der Waals surface area contributed by atoms with Crippen molar-refractivity contribution >= 4 is 34.1 Å². The van der Waals surface area contributed by atoms with Gasteiger partial charge < -0.3 is 24.8 Å². The number of carbonyl (C=O) groups excluding carboxylic acids is 2. The highest BCUT2D eigenvalue weighted by Crippen LogP contribution is 2.29. The molecule has 1 aromatic heterocycles. The molecular weight excluding hydrogens is 506 g/mol. The van der Waals surface area contributed by atoms with Crippen LogP contribution in [0.2, 0.25) is 0 Å². The summed E-state index contributed by atoms with van der Waals surface area (Å²) >= 11 is 1.23. The summed E-state index contributed by atoms with van der Waals surface area (Å²) in [4.78, 5) is 26.2. The molecule has 0 saturated heterocycles. The maximum atomic E-state index is 13.3. The lowest BCUT2D eigenvalue weighted by Crippen LogP contribution is -2.47. The summed E-state index contributed by atoms with van der Waals surface area (Å²) < 4.78 is 15.7. The Morgan fingerprint density at radius 2 is 1.55 bits per heavy atom. The Labute approximate surface area is 224 Å². The zero-order valence-electron chi connectivity index (χ0n) is 21.1. The van der Waals surface area contributed by atoms with Crippen molar-refractivity contribution in [3.8, 4) is 27.8 Å². The maximum absolute atomic E-state index is 13.3. The van der Waals surface area contributed by atoms with Crippen LogP contribution in [0.1, 0.15) is 5.56 Å². The Morgan fingerprint density at radius 1 is 0.842 bits per heavy atom. The first-order valence-electron chi connectivity index (χ1n) is 11.6. The predicted molar refractivity (Wildman–Crippen MR) is 146 cm³/mol. The number of methoxy groups -OCH3 is 3. The van der Waals surface area contributed by atoms with E-state index in [2.05, 4.69) is 26.1 Å². The van der Waals surface area contributed by atoms with Gasteiger partial charge in [0.05, 0.1) is 27.0 Å². The van der Waals surface area contributed by atoms with Gasteiger partial charge in [0.1, 0.15) is 28.3 Å². The van der Waals surface area contributed by atoms with E-state index < -0.39 is 18.0 Å². The van der Waals surface area contributed by atoms with Crippen LogP contribution in [0.4, 0.5) is 15.6 Å². The Balaban J connectivity index is 1.48. The number of nitrogens with zero attached hydrogens (tertiary/aromatic N) is 2. The molecule has 0 aliphatic rings. The summed E-state index contributed by atoms with van der Waals surface area (Å²) in [5.41, 5.74) is 2.15. The highest BCUT2D eigenvalue weighted by Gasteiger charge is 2.23. The number of rotatable bonds is 10. The van der Waals surface area contributed by atoms with Gasteiger partial charge in [-0.25, -0.2) is 4.79 Å². The monoisotopic (exact) mass is 533 g/mol. The molecule has 38 heavy (non-hydrogen) atoms. The molecule has 3 aromatic carbocycles. The van der Waals surface area contributed by atoms with Gasteiger partial charge >= 0.3 is 6.03 Å². The average molecular weight is 534 g/mol. The number of carbonyl (C=O) groups is 2. The number of hydrogen-bond donors (Lipinski definition) is 3. The van der Waals surface area contributed by atoms with Gasteiger partial charge in [0, 0.05) is 18.1 Å². The van der Waals surface area contributed by atoms with Crippen molar-refractivity contribution in [3.63, 3.8) is 0 Å². The molecule has 0 aliphatic carbocycles. The van der Waals surface area contributed by atoms with Gasteiger partial charge in [-0.1, -0.05) is 41.7 Å². The summed E-state index contributed by atoms with van der Waals surface area (Å²) in [6, 6.07) is 20.3. The van der Waals surface area contributed by atoms with Crippen molar-refractivity contribution in [3.05, 3.63) is 78.4 Å². The van der Waals surface area contributed by atoms with E-state index in [1.54, 1.807) is 32.4 Å². The fraction of sp³-hybridized carbons (Fsp3) is 0.185. The molecule has 1 unspecified atom stereocenters. The summed E-state index contributed by atoms with van der Waals surface area (Å²) in [5, 5.41) is 17.5. The summed E-state index contributed by atoms with van der Waals surface area (Å²) in [6.07, 6.45) is 0.268. The summed E-state index contributed by atoms with van der Waals surface area (Å²) in [6.45, 7) is 0. The number of nitrogens with one attached hydrogen (secondary N) is 3. The molecule has 10 nitrogen and oxygen atoms in total. The largest absolute Gasteiger partial charge is 0.497 e. The van der Waals surface area contributed by atoms with Crippen LogP contribution in [0, 0.1) is 0 Å². The van der Waals surface area contributed by atoms with Crippen LogP contribution >= 0.6 is 11.3 Å². The molecule has 11 heteroatoms. The Hall–Kier alpha value is -4.64. The Morgan fingerprint density at radius 3 is 2.24 bits per heavy atom. The molecule has 3 amide bonds. The number of hydrogen-bond acceptors (Lipinski definition) is 8. The van der Waals surface area contributed by atoms with Crippen molar-refractivity contribution in [2.24, 2.45) is 0 Å². The van der Waals surface area contributed by atoms with Gasteiger partial charge in [-0.05, 0) is 42.0 Å². The minimum atomic E-state index is -0.894. The van der Waals surface area contributed by atoms with E-state index in [0.29, 0.717) is 27.3 Å². The van der Waals surface area contributed by atoms with E-state index in [9.17, 15) is 9.59 Å². The van der Waals surface area contributed by atoms with E-state index in [1.807, 2.05) is 54.6 Å². The number of aromatic nitrogens is 2. The molecule has 4 aromatic rings. The highest BCUT2D eigenvalue weighted by molar-refractivity contribution is 7.18. The second kappa shape index (κ2) is 12.5. The third-order valence-electron chi connectivity index (χ3n) is 5.55. The van der Waals surface area contributed by atoms with Crippen LogP contribution in [0.3, 0.4) is 0 Å². The predicted octanol–water partition coefficient (Wildman–Crippen LogP) is 4.60. The van der Waals surface area contributed by atoms with Gasteiger partial charge in [-0.2, -0.15) is 0 Å². The molecule has 1 heterocycles. The normalized spacial score (nSPS) is 11.2. The molecule has 0 fully saturated rings. The summed E-state index contributed by atoms with van der Waals surface area (Å²) in [5.74, 6) is 1.30. The first-order valence-corrected chi connectivity index (χ1v) is 12.4. The quantitative estimate of drug-likeness (QED) is 0.272. The first-order chi connectivity index (χ1) is 18.5. The zero-order chi connectivity index (χ0) is 26.9. The molecule has 0 aliphatic heterocycles. The van der Waals surface area contributed by atoms with E-state index in [4.69, 9.17) is 14.2 Å². The second-order valence-corrected chi connectivity index (χ2v) is 9.01. The van der Waals surface area contributed by atoms with Gasteiger partial charge in [0.2, 0.25) is 11.0 Å². The van der Waals surface area contributed by atoms with Crippen molar-refractivity contribution in [2.75, 3.05) is 32.0 Å². The molecular formula is C27H27N5O5S. The lowest BCUT2D eigenvalue weighted by atomic mass is 10.1. The van der Waals surface area contributed by atoms with Crippen LogP contribution in [0.5, 0.6) is 17.2 Å². The lowest BCUT2D eigenvalue weighted by molar-refractivity contribution is -0.117. The second-order valence-electron chi connectivity index (χ2n) is 8.04. The topological polar surface area (TPSA) is 124 Å². The van der Waals surface area contributed by atoms with Crippen molar-refractivity contribution in [2.45, 2.75) is 12.5 Å². The van der Waals surface area contributed by atoms with Crippen LogP contribution in [0.15, 0.2) is 72.8 Å². The van der Waals surface area contributed by atoms with Crippen molar-refractivity contribution in [1.82, 2.24) is 15.5 Å². The molecule has 0 spiro atoms. The van der Waals surface area contributed by atoms with E-state index in [-0.39, 0.29) is 6.42 Å². The molecule has 3 N–H and O–H groups in total. The van der Waals surface area contributed by atoms with Crippen molar-refractivity contribution < 1.29 is 23.8 Å². The average Bonchev–Trinajstić information content (AvgIpc) is 3.41. The molecule has 196 valence electrons. The minimum absolute atomic E-state index is 0.268. The Bertz CT molecular complexity index is 1380. The lowest BCUT2D eigenvalue weighted by Gasteiger charge is -2.19. The number of amides is 3. The van der Waals surface area contributed by atoms with E-state index >= 15 is 0 Å². The summed E-state index contributed by atoms with van der Waals surface area (Å²) in [7, 11) is 4.63. The van der Waals surface area contributed by atoms with E-state index in [0.717, 1.165) is 16.9 Å². The fourth-order valence-corrected chi connectivity index (χ4v) is 4.35. The van der Waals surface area contributed by atoms with Crippen LogP contribution < -0.4 is 30.2 Å². The Kier molecular flexibility index (Phi) is 8.73. The standard InChI is InChI=1S/C27H27N5O5S/c1-35-19-11-9-18(10-12-19)25-31-32-27(38-25)30-24(33)22(15-17-7-5-4-6-8-17)29-26(34)28-21-14-13-20(36-2)16-23(21)37-3/h4-14,16,22H,15H2,1-3H3,(H2,28,29,34)(H,30,32,33). The van der Waals surface area contributed by atoms with Crippen LogP contribution in [0.25, 0.3) is 10.6 Å². The number of anilines is 2. The maximum Gasteiger partial charge on any atom is 0.320 e. The minimum Gasteiger partial charge on any atom is -0.497 e. The zero-order valence-corrected chi connectivity index (χ0v) is 21.9. The molecule has 1 atom stereocenters. The molecule has 0 bridgehead atoms. The fourth-order valence-electron chi connectivity index (χ4n) is 3.59. The SMILES string of the molecule is COc1ccc(-c2nnc(NC(=O)C(Cc3ccccc3)NC(=O)Nc3ccc(OC)cc3OC)s2)cc1. The van der Waals surface area contributed by atoms with Crippen LogP contribution in [-0.4, -0.2) is 49.5 Å². The third-order valence-corrected chi connectivity index (χ3v) is 6.44. The highest BCUT2D eigenvalue weighted by atomic mass is 32.1. The first kappa shape index (κ1) is 26.4. The number of benzene rings is 3. The molecule has 0 radical (unpaired) electrons. The number of ether oxygens (including phenoxy) is 3. The smallest absolute Gasteiger partial charge is 0.320 e.